The van der Waals surface area contributed by atoms with E-state index in [1.165, 1.54) is 15.6 Å². The minimum atomic E-state index is 0.889. The molecule has 0 atom stereocenters. The molecule has 0 fully saturated rings. The van der Waals surface area contributed by atoms with Gasteiger partial charge in [-0.25, -0.2) is 0 Å². The van der Waals surface area contributed by atoms with E-state index in [4.69, 9.17) is 4.74 Å². The first-order valence-electron chi connectivity index (χ1n) is 5.39. The number of rotatable bonds is 3. The van der Waals surface area contributed by atoms with E-state index in [9.17, 15) is 0 Å². The Labute approximate surface area is 102 Å². The van der Waals surface area contributed by atoms with Crippen LogP contribution in [0.4, 0.5) is 0 Å². The molecule has 0 unspecified atom stereocenters. The fraction of sp³-hybridized carbons (Fsp3) is 0.538. The highest BCUT2D eigenvalue weighted by Crippen LogP contribution is 2.15. The van der Waals surface area contributed by atoms with Gasteiger partial charge in [0.2, 0.25) is 0 Å². The van der Waals surface area contributed by atoms with Crippen LogP contribution < -0.4 is 0 Å². The minimum Gasteiger partial charge on any atom is -0.385 e. The Bertz CT molecular complexity index is 269. The van der Waals surface area contributed by atoms with Gasteiger partial charge in [-0.1, -0.05) is 35.8 Å². The van der Waals surface area contributed by atoms with Crippen molar-refractivity contribution in [3.8, 4) is 0 Å². The number of methoxy groups -OCH3 is 1. The zero-order valence-electron chi connectivity index (χ0n) is 10.1. The fourth-order valence-corrected chi connectivity index (χ4v) is 1.63. The summed E-state index contributed by atoms with van der Waals surface area (Å²) in [5.74, 6) is 0. The molecule has 0 aliphatic heterocycles. The second kappa shape index (κ2) is 8.93. The van der Waals surface area contributed by atoms with Crippen LogP contribution in [0.25, 0.3) is 0 Å². The summed E-state index contributed by atoms with van der Waals surface area (Å²) in [5, 5.41) is 0. The van der Waals surface area contributed by atoms with E-state index in [1.807, 2.05) is 0 Å². The summed E-state index contributed by atoms with van der Waals surface area (Å²) in [6.07, 6.45) is 2.24. The van der Waals surface area contributed by atoms with Gasteiger partial charge in [-0.2, -0.15) is 0 Å². The molecular formula is C13H21BrO. The molecule has 0 saturated carbocycles. The van der Waals surface area contributed by atoms with Crippen LogP contribution in [0.2, 0.25) is 0 Å². The maximum atomic E-state index is 4.69. The Morgan fingerprint density at radius 1 is 1.27 bits per heavy atom. The van der Waals surface area contributed by atoms with Gasteiger partial charge in [-0.3, -0.25) is 0 Å². The largest absolute Gasteiger partial charge is 0.385 e. The van der Waals surface area contributed by atoms with Crippen molar-refractivity contribution in [3.63, 3.8) is 0 Å². The minimum absolute atomic E-state index is 0.889. The lowest BCUT2D eigenvalue weighted by Gasteiger charge is -2.01. The number of aryl methyl sites for hydroxylation is 2. The van der Waals surface area contributed by atoms with Gasteiger partial charge in [0.15, 0.2) is 0 Å². The monoisotopic (exact) mass is 272 g/mol. The zero-order valence-corrected chi connectivity index (χ0v) is 11.7. The van der Waals surface area contributed by atoms with E-state index in [1.54, 1.807) is 7.11 Å². The van der Waals surface area contributed by atoms with E-state index in [0.29, 0.717) is 0 Å². The summed E-state index contributed by atoms with van der Waals surface area (Å²) < 4.78 is 5.87. The molecule has 0 N–H and O–H groups in total. The highest BCUT2D eigenvalue weighted by atomic mass is 79.9. The first-order chi connectivity index (χ1) is 7.15. The average Bonchev–Trinajstić information content (AvgIpc) is 2.24. The maximum Gasteiger partial charge on any atom is 0.0459 e. The standard InChI is InChI=1S/C9H11Br.C4H10O/c1-3-8-6-9(10)5-4-7(8)2;1-3-4-5-2/h4-6H,3H2,1-2H3;3-4H2,1-2H3. The molecule has 1 nitrogen and oxygen atoms in total. The summed E-state index contributed by atoms with van der Waals surface area (Å²) in [6.45, 7) is 7.30. The van der Waals surface area contributed by atoms with Gasteiger partial charge in [0, 0.05) is 18.2 Å². The summed E-state index contributed by atoms with van der Waals surface area (Å²) in [7, 11) is 1.71. The van der Waals surface area contributed by atoms with E-state index < -0.39 is 0 Å². The number of hydrogen-bond donors (Lipinski definition) is 0. The molecule has 0 radical (unpaired) electrons. The Hall–Kier alpha value is -0.340. The van der Waals surface area contributed by atoms with Crippen molar-refractivity contribution in [2.24, 2.45) is 0 Å². The highest BCUT2D eigenvalue weighted by molar-refractivity contribution is 9.10. The van der Waals surface area contributed by atoms with Gasteiger partial charge >= 0.3 is 0 Å². The van der Waals surface area contributed by atoms with Crippen LogP contribution in [0.3, 0.4) is 0 Å². The molecule has 15 heavy (non-hydrogen) atoms. The van der Waals surface area contributed by atoms with Crippen molar-refractivity contribution in [3.05, 3.63) is 33.8 Å². The van der Waals surface area contributed by atoms with Crippen LogP contribution in [-0.2, 0) is 11.2 Å². The van der Waals surface area contributed by atoms with Gasteiger partial charge in [0.1, 0.15) is 0 Å². The van der Waals surface area contributed by atoms with Crippen LogP contribution in [0, 0.1) is 6.92 Å². The van der Waals surface area contributed by atoms with Crippen LogP contribution in [0.1, 0.15) is 31.4 Å². The molecule has 0 aromatic heterocycles. The quantitative estimate of drug-likeness (QED) is 0.795. The van der Waals surface area contributed by atoms with Crippen LogP contribution in [-0.4, -0.2) is 13.7 Å². The molecular weight excluding hydrogens is 252 g/mol. The molecule has 0 aliphatic rings. The number of ether oxygens (including phenoxy) is 1. The first kappa shape index (κ1) is 14.7. The topological polar surface area (TPSA) is 9.23 Å². The summed E-state index contributed by atoms with van der Waals surface area (Å²) in [6, 6.07) is 6.40. The Balaban J connectivity index is 0.000000336. The van der Waals surface area contributed by atoms with Crippen molar-refractivity contribution in [2.75, 3.05) is 13.7 Å². The van der Waals surface area contributed by atoms with E-state index >= 15 is 0 Å². The molecule has 0 amide bonds. The fourth-order valence-electron chi connectivity index (χ4n) is 1.23. The predicted molar refractivity (Wildman–Crippen MR) is 70.4 cm³/mol. The lowest BCUT2D eigenvalue weighted by molar-refractivity contribution is 0.199. The summed E-state index contributed by atoms with van der Waals surface area (Å²) >= 11 is 3.44. The Morgan fingerprint density at radius 2 is 1.93 bits per heavy atom. The third-order valence-electron chi connectivity index (χ3n) is 2.10. The zero-order chi connectivity index (χ0) is 11.7. The molecule has 0 saturated heterocycles. The molecule has 0 bridgehead atoms. The Kier molecular flexibility index (Phi) is 8.73. The summed E-state index contributed by atoms with van der Waals surface area (Å²) in [4.78, 5) is 0. The molecule has 1 aromatic carbocycles. The number of hydrogen-bond acceptors (Lipinski definition) is 1. The molecule has 0 spiro atoms. The van der Waals surface area contributed by atoms with Crippen molar-refractivity contribution in [1.29, 1.82) is 0 Å². The van der Waals surface area contributed by atoms with E-state index in [0.717, 1.165) is 19.4 Å². The predicted octanol–water partition coefficient (Wildman–Crippen LogP) is 4.36. The van der Waals surface area contributed by atoms with Crippen molar-refractivity contribution in [2.45, 2.75) is 33.6 Å². The first-order valence-corrected chi connectivity index (χ1v) is 6.18. The van der Waals surface area contributed by atoms with Gasteiger partial charge in [-0.05, 0) is 43.0 Å². The van der Waals surface area contributed by atoms with Gasteiger partial charge in [0.25, 0.3) is 0 Å². The third-order valence-corrected chi connectivity index (χ3v) is 2.59. The highest BCUT2D eigenvalue weighted by Gasteiger charge is 1.94. The molecule has 1 rings (SSSR count). The molecule has 86 valence electrons. The third kappa shape index (κ3) is 6.69. The van der Waals surface area contributed by atoms with Gasteiger partial charge in [-0.15, -0.1) is 0 Å². The van der Waals surface area contributed by atoms with Crippen LogP contribution >= 0.6 is 15.9 Å². The van der Waals surface area contributed by atoms with Gasteiger partial charge in [0.05, 0.1) is 0 Å². The molecule has 1 aromatic rings. The van der Waals surface area contributed by atoms with Gasteiger partial charge < -0.3 is 4.74 Å². The second-order valence-electron chi connectivity index (χ2n) is 3.42. The number of halogens is 1. The van der Waals surface area contributed by atoms with Crippen molar-refractivity contribution >= 4 is 15.9 Å². The summed E-state index contributed by atoms with van der Waals surface area (Å²) in [5.41, 5.74) is 2.81. The van der Waals surface area contributed by atoms with Crippen molar-refractivity contribution in [1.82, 2.24) is 0 Å². The Morgan fingerprint density at radius 3 is 2.27 bits per heavy atom. The molecule has 0 aliphatic carbocycles. The van der Waals surface area contributed by atoms with Crippen molar-refractivity contribution < 1.29 is 4.74 Å². The second-order valence-corrected chi connectivity index (χ2v) is 4.33. The smallest absolute Gasteiger partial charge is 0.0459 e. The SMILES string of the molecule is CCCOC.CCc1cc(Br)ccc1C. The average molecular weight is 273 g/mol. The van der Waals surface area contributed by atoms with E-state index in [-0.39, 0.29) is 0 Å². The lowest BCUT2D eigenvalue weighted by Crippen LogP contribution is -1.84. The normalized spacial score (nSPS) is 9.40. The molecule has 0 heterocycles. The molecule has 2 heteroatoms. The van der Waals surface area contributed by atoms with E-state index in [2.05, 4.69) is 54.9 Å². The maximum absolute atomic E-state index is 4.69. The van der Waals surface area contributed by atoms with Crippen LogP contribution in [0.15, 0.2) is 22.7 Å². The lowest BCUT2D eigenvalue weighted by atomic mass is 10.1. The van der Waals surface area contributed by atoms with Crippen LogP contribution in [0.5, 0.6) is 0 Å². The number of benzene rings is 1.